The van der Waals surface area contributed by atoms with Crippen molar-refractivity contribution in [1.82, 2.24) is 9.97 Å². The first kappa shape index (κ1) is 17.5. The molecular weight excluding hydrogens is 328 g/mol. The number of benzene rings is 2. The molecule has 132 valence electrons. The van der Waals surface area contributed by atoms with E-state index in [9.17, 15) is 10.4 Å². The first-order valence-corrected chi connectivity index (χ1v) is 8.32. The first-order valence-electron chi connectivity index (χ1n) is 8.32. The summed E-state index contributed by atoms with van der Waals surface area (Å²) in [5, 5.41) is 20.0. The van der Waals surface area contributed by atoms with Crippen molar-refractivity contribution in [2.45, 2.75) is 6.54 Å². The van der Waals surface area contributed by atoms with Crippen LogP contribution in [0.15, 0.2) is 54.3 Å². The molecule has 0 aliphatic rings. The van der Waals surface area contributed by atoms with Gasteiger partial charge in [0, 0.05) is 5.56 Å². The van der Waals surface area contributed by atoms with Crippen LogP contribution in [0, 0.1) is 11.3 Å². The highest BCUT2D eigenvalue weighted by molar-refractivity contribution is 5.82. The molecule has 0 radical (unpaired) electrons. The molecule has 2 aromatic carbocycles. The van der Waals surface area contributed by atoms with Crippen LogP contribution in [0.5, 0.6) is 5.75 Å². The van der Waals surface area contributed by atoms with Gasteiger partial charge in [-0.2, -0.15) is 5.26 Å². The van der Waals surface area contributed by atoms with Crippen molar-refractivity contribution in [2.24, 2.45) is 0 Å². The van der Waals surface area contributed by atoms with Gasteiger partial charge < -0.3 is 19.7 Å². The summed E-state index contributed by atoms with van der Waals surface area (Å²) in [4.78, 5) is 8.53. The lowest BCUT2D eigenvalue weighted by molar-refractivity contribution is -0.890. The number of para-hydroxylation sites is 2. The summed E-state index contributed by atoms with van der Waals surface area (Å²) >= 11 is 0. The lowest BCUT2D eigenvalue weighted by atomic mass is 10.2. The van der Waals surface area contributed by atoms with E-state index in [4.69, 9.17) is 4.74 Å². The van der Waals surface area contributed by atoms with E-state index in [1.807, 2.05) is 55.6 Å². The minimum Gasteiger partial charge on any atom is -0.506 e. The third-order valence-electron chi connectivity index (χ3n) is 4.14. The molecule has 0 bridgehead atoms. The largest absolute Gasteiger partial charge is 0.506 e. The summed E-state index contributed by atoms with van der Waals surface area (Å²) in [7, 11) is 3.60. The second kappa shape index (κ2) is 7.72. The van der Waals surface area contributed by atoms with Crippen LogP contribution < -0.4 is 9.64 Å². The van der Waals surface area contributed by atoms with Crippen molar-refractivity contribution in [3.05, 3.63) is 65.7 Å². The van der Waals surface area contributed by atoms with Gasteiger partial charge in [0.15, 0.2) is 11.6 Å². The third-order valence-corrected chi connectivity index (χ3v) is 4.14. The molecule has 26 heavy (non-hydrogen) atoms. The zero-order valence-corrected chi connectivity index (χ0v) is 14.8. The standard InChI is InChI=1S/C20H20N4O2/c1-24(12-14-6-5-7-15(10-14)26-2)13-19(25)16(11-21)20-22-17-8-3-4-9-18(17)23-20/h3-10,25H,12-13H2,1-2H3,(H,22,23)/p+1/b19-16-. The third kappa shape index (κ3) is 3.85. The molecule has 3 aromatic rings. The number of rotatable bonds is 6. The summed E-state index contributed by atoms with van der Waals surface area (Å²) in [6.45, 7) is 1.01. The zero-order valence-electron chi connectivity index (χ0n) is 14.8. The molecule has 1 atom stereocenters. The first-order chi connectivity index (χ1) is 12.6. The topological polar surface area (TPSA) is 86.4 Å². The molecule has 6 heteroatoms. The van der Waals surface area contributed by atoms with E-state index in [1.165, 1.54) is 0 Å². The summed E-state index contributed by atoms with van der Waals surface area (Å²) in [6, 6.07) is 17.4. The van der Waals surface area contributed by atoms with Crippen LogP contribution in [0.2, 0.25) is 0 Å². The van der Waals surface area contributed by atoms with Crippen LogP contribution in [0.4, 0.5) is 0 Å². The number of allylic oxidation sites excluding steroid dienone is 1. The van der Waals surface area contributed by atoms with Gasteiger partial charge in [0.1, 0.15) is 30.5 Å². The molecule has 0 amide bonds. The fourth-order valence-corrected chi connectivity index (χ4v) is 2.89. The number of methoxy groups -OCH3 is 1. The second-order valence-corrected chi connectivity index (χ2v) is 6.20. The van der Waals surface area contributed by atoms with Gasteiger partial charge in [-0.1, -0.05) is 24.3 Å². The highest BCUT2D eigenvalue weighted by Crippen LogP contribution is 2.18. The number of likely N-dealkylation sites (N-methyl/N-ethyl adjacent to an activating group) is 1. The maximum absolute atomic E-state index is 10.5. The summed E-state index contributed by atoms with van der Waals surface area (Å²) < 4.78 is 5.24. The van der Waals surface area contributed by atoms with Crippen molar-refractivity contribution < 1.29 is 14.7 Å². The van der Waals surface area contributed by atoms with Crippen LogP contribution in [0.3, 0.4) is 0 Å². The summed E-state index contributed by atoms with van der Waals surface area (Å²) in [6.07, 6.45) is 0. The van der Waals surface area contributed by atoms with Crippen molar-refractivity contribution in [3.63, 3.8) is 0 Å². The minimum atomic E-state index is 0.0203. The van der Waals surface area contributed by atoms with Gasteiger partial charge in [0.2, 0.25) is 0 Å². The van der Waals surface area contributed by atoms with Crippen molar-refractivity contribution in [2.75, 3.05) is 20.7 Å². The van der Waals surface area contributed by atoms with Gasteiger partial charge >= 0.3 is 0 Å². The lowest BCUT2D eigenvalue weighted by Gasteiger charge is -2.14. The number of aromatic amines is 1. The van der Waals surface area contributed by atoms with Crippen LogP contribution >= 0.6 is 0 Å². The lowest BCUT2D eigenvalue weighted by Crippen LogP contribution is -3.07. The average molecular weight is 349 g/mol. The molecule has 0 aliphatic heterocycles. The predicted molar refractivity (Wildman–Crippen MR) is 99.7 cm³/mol. The molecule has 1 unspecified atom stereocenters. The number of nitrogens with one attached hydrogen (secondary N) is 2. The number of nitriles is 1. The summed E-state index contributed by atoms with van der Waals surface area (Å²) in [5.74, 6) is 1.21. The monoisotopic (exact) mass is 349 g/mol. The maximum atomic E-state index is 10.5. The maximum Gasteiger partial charge on any atom is 0.169 e. The van der Waals surface area contributed by atoms with E-state index in [2.05, 4.69) is 16.0 Å². The molecule has 1 aromatic heterocycles. The quantitative estimate of drug-likeness (QED) is 0.470. The Bertz CT molecular complexity index is 952. The number of fused-ring (bicyclic) bond motifs is 1. The number of aliphatic hydroxyl groups is 1. The van der Waals surface area contributed by atoms with Crippen LogP contribution in [0.1, 0.15) is 11.4 Å². The molecule has 0 saturated carbocycles. The Hall–Kier alpha value is -3.30. The molecule has 1 heterocycles. The van der Waals surface area contributed by atoms with E-state index < -0.39 is 0 Å². The predicted octanol–water partition coefficient (Wildman–Crippen LogP) is 2.08. The highest BCUT2D eigenvalue weighted by atomic mass is 16.5. The molecular formula is C20H21N4O2+. The molecule has 0 spiro atoms. The highest BCUT2D eigenvalue weighted by Gasteiger charge is 2.16. The molecule has 0 fully saturated rings. The number of H-pyrrole nitrogens is 1. The Labute approximate surface area is 152 Å². The van der Waals surface area contributed by atoms with E-state index in [1.54, 1.807) is 7.11 Å². The SMILES string of the molecule is COc1cccc(C[NH+](C)C/C(O)=C(\C#N)c2nc3ccccc3[nH]2)c1. The number of aromatic nitrogens is 2. The van der Waals surface area contributed by atoms with E-state index in [-0.39, 0.29) is 11.3 Å². The number of quaternary nitrogens is 1. The van der Waals surface area contributed by atoms with Crippen molar-refractivity contribution >= 4 is 16.6 Å². The van der Waals surface area contributed by atoms with E-state index in [0.29, 0.717) is 18.9 Å². The Morgan fingerprint density at radius 1 is 1.27 bits per heavy atom. The zero-order chi connectivity index (χ0) is 18.5. The minimum absolute atomic E-state index is 0.0203. The normalized spacial score (nSPS) is 13.1. The Balaban J connectivity index is 1.78. The van der Waals surface area contributed by atoms with E-state index in [0.717, 1.165) is 27.2 Å². The number of hydrogen-bond donors (Lipinski definition) is 3. The smallest absolute Gasteiger partial charge is 0.169 e. The fourth-order valence-electron chi connectivity index (χ4n) is 2.89. The number of nitrogens with zero attached hydrogens (tertiary/aromatic N) is 2. The molecule has 0 saturated heterocycles. The van der Waals surface area contributed by atoms with Gasteiger partial charge in [-0.25, -0.2) is 4.98 Å². The van der Waals surface area contributed by atoms with Crippen molar-refractivity contribution in [1.29, 1.82) is 5.26 Å². The van der Waals surface area contributed by atoms with Gasteiger partial charge in [-0.05, 0) is 24.3 Å². The van der Waals surface area contributed by atoms with Crippen LogP contribution in [0.25, 0.3) is 16.6 Å². The summed E-state index contributed by atoms with van der Waals surface area (Å²) in [5.41, 5.74) is 2.86. The molecule has 3 N–H and O–H groups in total. The number of imidazole rings is 1. The van der Waals surface area contributed by atoms with Gasteiger partial charge in [-0.15, -0.1) is 0 Å². The van der Waals surface area contributed by atoms with Crippen LogP contribution in [-0.2, 0) is 6.54 Å². The Morgan fingerprint density at radius 3 is 2.81 bits per heavy atom. The van der Waals surface area contributed by atoms with Gasteiger partial charge in [0.25, 0.3) is 0 Å². The Morgan fingerprint density at radius 2 is 2.08 bits per heavy atom. The fraction of sp³-hybridized carbons (Fsp3) is 0.200. The van der Waals surface area contributed by atoms with Crippen LogP contribution in [-0.4, -0.2) is 35.8 Å². The van der Waals surface area contributed by atoms with Gasteiger partial charge in [-0.3, -0.25) is 0 Å². The van der Waals surface area contributed by atoms with Gasteiger partial charge in [0.05, 0.1) is 25.2 Å². The number of hydrogen-bond acceptors (Lipinski definition) is 4. The molecule has 0 aliphatic carbocycles. The number of ether oxygens (including phenoxy) is 1. The number of aliphatic hydroxyl groups excluding tert-OH is 1. The van der Waals surface area contributed by atoms with Crippen molar-refractivity contribution in [3.8, 4) is 11.8 Å². The second-order valence-electron chi connectivity index (χ2n) is 6.20. The Kier molecular flexibility index (Phi) is 5.20. The van der Waals surface area contributed by atoms with E-state index >= 15 is 0 Å². The molecule has 3 rings (SSSR count). The molecule has 6 nitrogen and oxygen atoms in total. The average Bonchev–Trinajstić information content (AvgIpc) is 3.05.